The molecule has 0 spiro atoms. The molecule has 0 amide bonds. The van der Waals surface area contributed by atoms with Gasteiger partial charge in [0, 0.05) is 5.33 Å². The molecule has 1 aromatic rings. The van der Waals surface area contributed by atoms with Gasteiger partial charge in [0.05, 0.1) is 11.3 Å². The number of hydrogen-bond acceptors (Lipinski definition) is 2. The lowest BCUT2D eigenvalue weighted by atomic mass is 10.2. The molecule has 0 fully saturated rings. The van der Waals surface area contributed by atoms with Gasteiger partial charge in [0.1, 0.15) is 3.70 Å². The van der Waals surface area contributed by atoms with Crippen molar-refractivity contribution in [3.8, 4) is 5.75 Å². The molecule has 72 valence electrons. The van der Waals surface area contributed by atoms with Gasteiger partial charge in [0.15, 0.2) is 5.75 Å². The second-order valence-electron chi connectivity index (χ2n) is 2.28. The summed E-state index contributed by atoms with van der Waals surface area (Å²) in [7, 11) is 0. The molecular formula is C7H5BrF2INO. The summed E-state index contributed by atoms with van der Waals surface area (Å²) < 4.78 is 24.8. The van der Waals surface area contributed by atoms with Gasteiger partial charge in [-0.1, -0.05) is 15.9 Å². The van der Waals surface area contributed by atoms with Crippen LogP contribution in [0.3, 0.4) is 0 Å². The zero-order chi connectivity index (χ0) is 10.0. The average molecular weight is 364 g/mol. The Morgan fingerprint density at radius 1 is 1.62 bits per heavy atom. The van der Waals surface area contributed by atoms with E-state index >= 15 is 0 Å². The van der Waals surface area contributed by atoms with Crippen molar-refractivity contribution < 1.29 is 13.9 Å². The first-order valence-corrected chi connectivity index (χ1v) is 5.48. The standard InChI is InChI=1S/C7H5BrF2INO/c8-2-3-1-4(6(9)10)5(13)7(11)12-3/h1,6,13H,2H2. The fourth-order valence-electron chi connectivity index (χ4n) is 0.813. The van der Waals surface area contributed by atoms with Gasteiger partial charge in [-0.3, -0.25) is 0 Å². The predicted molar refractivity (Wildman–Crippen MR) is 56.2 cm³/mol. The number of aromatic hydroxyl groups is 1. The van der Waals surface area contributed by atoms with Gasteiger partial charge in [0.2, 0.25) is 0 Å². The van der Waals surface area contributed by atoms with Crippen molar-refractivity contribution in [2.75, 3.05) is 0 Å². The minimum absolute atomic E-state index is 0.199. The van der Waals surface area contributed by atoms with Crippen molar-refractivity contribution in [3.05, 3.63) is 21.0 Å². The van der Waals surface area contributed by atoms with Crippen molar-refractivity contribution >= 4 is 38.5 Å². The van der Waals surface area contributed by atoms with E-state index in [4.69, 9.17) is 0 Å². The number of rotatable bonds is 2. The molecule has 0 saturated carbocycles. The highest BCUT2D eigenvalue weighted by molar-refractivity contribution is 14.1. The Bertz CT molecular complexity index is 322. The quantitative estimate of drug-likeness (QED) is 0.497. The third-order valence-electron chi connectivity index (χ3n) is 1.40. The Labute approximate surface area is 95.6 Å². The van der Waals surface area contributed by atoms with Crippen LogP contribution in [0.4, 0.5) is 8.78 Å². The zero-order valence-electron chi connectivity index (χ0n) is 6.27. The van der Waals surface area contributed by atoms with E-state index < -0.39 is 12.2 Å². The largest absolute Gasteiger partial charge is 0.505 e. The highest BCUT2D eigenvalue weighted by atomic mass is 127. The van der Waals surface area contributed by atoms with Crippen molar-refractivity contribution in [1.29, 1.82) is 0 Å². The molecule has 13 heavy (non-hydrogen) atoms. The van der Waals surface area contributed by atoms with Gasteiger partial charge in [-0.05, 0) is 28.7 Å². The Morgan fingerprint density at radius 2 is 2.23 bits per heavy atom. The Balaban J connectivity index is 3.25. The Kier molecular flexibility index (Phi) is 3.84. The highest BCUT2D eigenvalue weighted by Gasteiger charge is 2.17. The smallest absolute Gasteiger partial charge is 0.267 e. The lowest BCUT2D eigenvalue weighted by molar-refractivity contribution is 0.147. The van der Waals surface area contributed by atoms with Crippen molar-refractivity contribution in [1.82, 2.24) is 4.98 Å². The van der Waals surface area contributed by atoms with E-state index in [0.29, 0.717) is 11.0 Å². The SMILES string of the molecule is Oc1c(C(F)F)cc(CBr)nc1I. The Hall–Kier alpha value is 0.0200. The van der Waals surface area contributed by atoms with Crippen LogP contribution in [0, 0.1) is 3.70 Å². The molecule has 6 heteroatoms. The van der Waals surface area contributed by atoms with Gasteiger partial charge >= 0.3 is 0 Å². The first-order chi connectivity index (χ1) is 6.06. The number of halogens is 4. The van der Waals surface area contributed by atoms with Gasteiger partial charge < -0.3 is 5.11 Å². The number of hydrogen-bond donors (Lipinski definition) is 1. The van der Waals surface area contributed by atoms with Crippen molar-refractivity contribution in [3.63, 3.8) is 0 Å². The summed E-state index contributed by atoms with van der Waals surface area (Å²) in [4.78, 5) is 3.89. The van der Waals surface area contributed by atoms with Crippen LogP contribution >= 0.6 is 38.5 Å². The molecule has 0 atom stereocenters. The maximum atomic E-state index is 12.3. The number of pyridine rings is 1. The monoisotopic (exact) mass is 363 g/mol. The van der Waals surface area contributed by atoms with E-state index in [1.54, 1.807) is 22.6 Å². The summed E-state index contributed by atoms with van der Waals surface area (Å²) in [5.41, 5.74) is 0.117. The molecule has 0 radical (unpaired) electrons. The molecule has 0 aromatic carbocycles. The first kappa shape index (κ1) is 11.1. The summed E-state index contributed by atoms with van der Waals surface area (Å²) in [6, 6.07) is 1.19. The lowest BCUT2D eigenvalue weighted by Crippen LogP contribution is -1.95. The van der Waals surface area contributed by atoms with E-state index in [0.717, 1.165) is 0 Å². The highest BCUT2D eigenvalue weighted by Crippen LogP contribution is 2.31. The molecular weight excluding hydrogens is 359 g/mol. The maximum Gasteiger partial charge on any atom is 0.267 e. The van der Waals surface area contributed by atoms with Crippen LogP contribution in [0.25, 0.3) is 0 Å². The van der Waals surface area contributed by atoms with Crippen LogP contribution in [0.1, 0.15) is 17.7 Å². The Morgan fingerprint density at radius 3 is 2.69 bits per heavy atom. The molecule has 1 heterocycles. The molecule has 0 unspecified atom stereocenters. The molecule has 0 bridgehead atoms. The summed E-state index contributed by atoms with van der Waals surface area (Å²) in [5.74, 6) is -0.430. The average Bonchev–Trinajstić information content (AvgIpc) is 2.09. The van der Waals surface area contributed by atoms with Crippen LogP contribution in [0.15, 0.2) is 6.07 Å². The minimum atomic E-state index is -2.67. The van der Waals surface area contributed by atoms with E-state index in [2.05, 4.69) is 20.9 Å². The van der Waals surface area contributed by atoms with Gasteiger partial charge in [0.25, 0.3) is 6.43 Å². The predicted octanol–water partition coefficient (Wildman–Crippen LogP) is 3.22. The second-order valence-corrected chi connectivity index (χ2v) is 3.86. The van der Waals surface area contributed by atoms with Crippen LogP contribution in [0.5, 0.6) is 5.75 Å². The van der Waals surface area contributed by atoms with Gasteiger partial charge in [-0.2, -0.15) is 0 Å². The number of alkyl halides is 3. The molecule has 0 aliphatic carbocycles. The van der Waals surface area contributed by atoms with Crippen LogP contribution < -0.4 is 0 Å². The molecule has 1 aromatic heterocycles. The molecule has 1 N–H and O–H groups in total. The molecule has 0 aliphatic rings. The number of nitrogens with zero attached hydrogens (tertiary/aromatic N) is 1. The second kappa shape index (κ2) is 4.50. The third kappa shape index (κ3) is 2.49. The normalized spacial score (nSPS) is 10.8. The van der Waals surface area contributed by atoms with Crippen LogP contribution in [-0.4, -0.2) is 10.1 Å². The van der Waals surface area contributed by atoms with Crippen molar-refractivity contribution in [2.24, 2.45) is 0 Å². The molecule has 0 saturated heterocycles. The van der Waals surface area contributed by atoms with Gasteiger partial charge in [-0.25, -0.2) is 13.8 Å². The van der Waals surface area contributed by atoms with Crippen LogP contribution in [0.2, 0.25) is 0 Å². The summed E-state index contributed by atoms with van der Waals surface area (Å²) in [6.07, 6.45) is -2.67. The maximum absolute atomic E-state index is 12.3. The van der Waals surface area contributed by atoms with Gasteiger partial charge in [-0.15, -0.1) is 0 Å². The topological polar surface area (TPSA) is 33.1 Å². The van der Waals surface area contributed by atoms with E-state index in [1.807, 2.05) is 0 Å². The summed E-state index contributed by atoms with van der Waals surface area (Å²) in [6.45, 7) is 0. The van der Waals surface area contributed by atoms with Crippen LogP contribution in [-0.2, 0) is 5.33 Å². The third-order valence-corrected chi connectivity index (χ3v) is 2.73. The molecule has 0 aliphatic heterocycles. The molecule has 1 rings (SSSR count). The van der Waals surface area contributed by atoms with Crippen molar-refractivity contribution in [2.45, 2.75) is 11.8 Å². The van der Waals surface area contributed by atoms with E-state index in [9.17, 15) is 13.9 Å². The first-order valence-electron chi connectivity index (χ1n) is 3.28. The molecule has 2 nitrogen and oxygen atoms in total. The van der Waals surface area contributed by atoms with E-state index in [-0.39, 0.29) is 9.26 Å². The summed E-state index contributed by atoms with van der Waals surface area (Å²) >= 11 is 4.82. The number of aromatic nitrogens is 1. The van der Waals surface area contributed by atoms with E-state index in [1.165, 1.54) is 6.07 Å². The zero-order valence-corrected chi connectivity index (χ0v) is 10.0. The lowest BCUT2D eigenvalue weighted by Gasteiger charge is -2.06. The minimum Gasteiger partial charge on any atom is -0.505 e. The fourth-order valence-corrected chi connectivity index (χ4v) is 1.72. The fraction of sp³-hybridized carbons (Fsp3) is 0.286. The summed E-state index contributed by atoms with van der Waals surface area (Å²) in [5, 5.41) is 9.61.